The maximum atomic E-state index is 5.91. The van der Waals surface area contributed by atoms with Gasteiger partial charge in [0, 0.05) is 35.7 Å². The zero-order valence-corrected chi connectivity index (χ0v) is 7.91. The first-order valence-electron chi connectivity index (χ1n) is 4.57. The van der Waals surface area contributed by atoms with Crippen LogP contribution in [0, 0.1) is 0 Å². The number of nitrogens with zero attached hydrogens (tertiary/aromatic N) is 1. The number of nitrogens with two attached hydrogens (primary N) is 1. The Morgan fingerprint density at radius 1 is 1.36 bits per heavy atom. The number of hydrogen-bond donors (Lipinski definition) is 2. The van der Waals surface area contributed by atoms with E-state index in [2.05, 4.69) is 23.2 Å². The number of aryl methyl sites for hydroxylation is 1. The second-order valence-electron chi connectivity index (χ2n) is 3.63. The average Bonchev–Trinajstić information content (AvgIpc) is 2.70. The Morgan fingerprint density at radius 3 is 3.07 bits per heavy atom. The highest BCUT2D eigenvalue weighted by molar-refractivity contribution is 6.01. The Balaban J connectivity index is 2.59. The molecule has 0 bridgehead atoms. The number of fused-ring (bicyclic) bond motifs is 2. The second-order valence-corrected chi connectivity index (χ2v) is 3.63. The van der Waals surface area contributed by atoms with Gasteiger partial charge in [-0.05, 0) is 18.2 Å². The van der Waals surface area contributed by atoms with Crippen molar-refractivity contribution in [2.24, 2.45) is 7.05 Å². The number of nitrogen functional groups attached to an aromatic ring is 1. The van der Waals surface area contributed by atoms with Crippen molar-refractivity contribution in [3.05, 3.63) is 30.6 Å². The minimum absolute atomic E-state index is 0.839. The molecule has 0 amide bonds. The molecule has 0 aliphatic rings. The van der Waals surface area contributed by atoms with Gasteiger partial charge < -0.3 is 15.3 Å². The molecule has 3 aromatic rings. The van der Waals surface area contributed by atoms with Crippen molar-refractivity contribution < 1.29 is 0 Å². The average molecular weight is 185 g/mol. The van der Waals surface area contributed by atoms with E-state index in [0.717, 1.165) is 22.1 Å². The molecule has 0 atom stereocenters. The van der Waals surface area contributed by atoms with Crippen LogP contribution in [0.3, 0.4) is 0 Å². The van der Waals surface area contributed by atoms with Crippen molar-refractivity contribution >= 4 is 27.5 Å². The molecule has 0 fully saturated rings. The van der Waals surface area contributed by atoms with Gasteiger partial charge in [-0.25, -0.2) is 0 Å². The summed E-state index contributed by atoms with van der Waals surface area (Å²) in [6, 6.07) is 6.30. The number of aromatic amines is 1. The summed E-state index contributed by atoms with van der Waals surface area (Å²) in [7, 11) is 2.01. The highest BCUT2D eigenvalue weighted by atomic mass is 14.9. The SMILES string of the molecule is Cn1cc(N)c2cc3cc[nH]c3cc21. The number of H-pyrrole nitrogens is 1. The smallest absolute Gasteiger partial charge is 0.0574 e. The Hall–Kier alpha value is -1.90. The summed E-state index contributed by atoms with van der Waals surface area (Å²) >= 11 is 0. The van der Waals surface area contributed by atoms with E-state index >= 15 is 0 Å². The molecule has 3 nitrogen and oxygen atoms in total. The molecule has 3 heteroatoms. The lowest BCUT2D eigenvalue weighted by atomic mass is 10.2. The van der Waals surface area contributed by atoms with Crippen LogP contribution in [-0.2, 0) is 7.05 Å². The lowest BCUT2D eigenvalue weighted by Crippen LogP contribution is -1.83. The van der Waals surface area contributed by atoms with Gasteiger partial charge in [-0.2, -0.15) is 0 Å². The van der Waals surface area contributed by atoms with Crippen molar-refractivity contribution in [2.75, 3.05) is 5.73 Å². The lowest BCUT2D eigenvalue weighted by Gasteiger charge is -1.96. The molecule has 1 aromatic carbocycles. The van der Waals surface area contributed by atoms with E-state index in [-0.39, 0.29) is 0 Å². The highest BCUT2D eigenvalue weighted by Crippen LogP contribution is 2.27. The molecule has 0 spiro atoms. The van der Waals surface area contributed by atoms with Gasteiger partial charge in [0.05, 0.1) is 11.2 Å². The Morgan fingerprint density at radius 2 is 2.21 bits per heavy atom. The van der Waals surface area contributed by atoms with E-state index in [1.165, 1.54) is 5.39 Å². The van der Waals surface area contributed by atoms with Crippen molar-refractivity contribution in [1.29, 1.82) is 0 Å². The molecule has 70 valence electrons. The number of benzene rings is 1. The summed E-state index contributed by atoms with van der Waals surface area (Å²) in [4.78, 5) is 3.19. The third kappa shape index (κ3) is 0.812. The molecule has 0 saturated heterocycles. The molecule has 0 aliphatic carbocycles. The standard InChI is InChI=1S/C11H11N3/c1-14-6-9(12)8-4-7-2-3-13-10(7)5-11(8)14/h2-6,13H,12H2,1H3. The Labute approximate surface area is 81.1 Å². The third-order valence-corrected chi connectivity index (χ3v) is 2.69. The van der Waals surface area contributed by atoms with E-state index in [0.29, 0.717) is 0 Å². The van der Waals surface area contributed by atoms with E-state index in [1.54, 1.807) is 0 Å². The van der Waals surface area contributed by atoms with Gasteiger partial charge in [0.1, 0.15) is 0 Å². The van der Waals surface area contributed by atoms with Crippen LogP contribution in [0.1, 0.15) is 0 Å². The van der Waals surface area contributed by atoms with Gasteiger partial charge in [0.2, 0.25) is 0 Å². The molecule has 3 N–H and O–H groups in total. The molecule has 14 heavy (non-hydrogen) atoms. The molecule has 2 aromatic heterocycles. The number of hydrogen-bond acceptors (Lipinski definition) is 1. The summed E-state index contributed by atoms with van der Waals surface area (Å²) in [5, 5.41) is 2.33. The molecule has 0 saturated carbocycles. The first-order chi connectivity index (χ1) is 6.75. The fourth-order valence-corrected chi connectivity index (χ4v) is 1.96. The summed E-state index contributed by atoms with van der Waals surface area (Å²) in [6.07, 6.45) is 3.89. The van der Waals surface area contributed by atoms with Gasteiger partial charge in [-0.15, -0.1) is 0 Å². The monoisotopic (exact) mass is 185 g/mol. The zero-order chi connectivity index (χ0) is 9.71. The minimum atomic E-state index is 0.839. The van der Waals surface area contributed by atoms with Crippen molar-refractivity contribution in [1.82, 2.24) is 9.55 Å². The fourth-order valence-electron chi connectivity index (χ4n) is 1.96. The molecular weight excluding hydrogens is 174 g/mol. The van der Waals surface area contributed by atoms with Gasteiger partial charge >= 0.3 is 0 Å². The summed E-state index contributed by atoms with van der Waals surface area (Å²) < 4.78 is 2.05. The number of rotatable bonds is 0. The largest absolute Gasteiger partial charge is 0.397 e. The van der Waals surface area contributed by atoms with E-state index < -0.39 is 0 Å². The minimum Gasteiger partial charge on any atom is -0.397 e. The van der Waals surface area contributed by atoms with Crippen molar-refractivity contribution in [2.45, 2.75) is 0 Å². The zero-order valence-electron chi connectivity index (χ0n) is 7.91. The van der Waals surface area contributed by atoms with E-state index in [9.17, 15) is 0 Å². The maximum Gasteiger partial charge on any atom is 0.0574 e. The van der Waals surface area contributed by atoms with Crippen LogP contribution in [0.4, 0.5) is 5.69 Å². The molecule has 0 unspecified atom stereocenters. The van der Waals surface area contributed by atoms with Crippen LogP contribution >= 0.6 is 0 Å². The van der Waals surface area contributed by atoms with Gasteiger partial charge in [0.25, 0.3) is 0 Å². The van der Waals surface area contributed by atoms with Crippen LogP contribution in [-0.4, -0.2) is 9.55 Å². The lowest BCUT2D eigenvalue weighted by molar-refractivity contribution is 0.971. The van der Waals surface area contributed by atoms with E-state index in [1.807, 2.05) is 24.0 Å². The first-order valence-corrected chi connectivity index (χ1v) is 4.57. The molecule has 0 aliphatic heterocycles. The predicted octanol–water partition coefficient (Wildman–Crippen LogP) is 2.24. The van der Waals surface area contributed by atoms with Crippen molar-refractivity contribution in [3.63, 3.8) is 0 Å². The predicted molar refractivity (Wildman–Crippen MR) is 59.2 cm³/mol. The first kappa shape index (κ1) is 7.50. The summed E-state index contributed by atoms with van der Waals surface area (Å²) in [5.74, 6) is 0. The topological polar surface area (TPSA) is 46.7 Å². The Bertz CT molecular complexity index is 565. The second kappa shape index (κ2) is 2.32. The number of aromatic nitrogens is 2. The Kier molecular flexibility index (Phi) is 1.24. The fraction of sp³-hybridized carbons (Fsp3) is 0.0909. The van der Waals surface area contributed by atoms with Crippen molar-refractivity contribution in [3.8, 4) is 0 Å². The number of nitrogens with one attached hydrogen (secondary N) is 1. The number of anilines is 1. The van der Waals surface area contributed by atoms with Gasteiger partial charge in [0.15, 0.2) is 0 Å². The third-order valence-electron chi connectivity index (χ3n) is 2.69. The van der Waals surface area contributed by atoms with Crippen LogP contribution in [0.15, 0.2) is 30.6 Å². The maximum absolute atomic E-state index is 5.91. The summed E-state index contributed by atoms with van der Waals surface area (Å²) in [6.45, 7) is 0. The van der Waals surface area contributed by atoms with Crippen LogP contribution in [0.2, 0.25) is 0 Å². The van der Waals surface area contributed by atoms with Crippen LogP contribution in [0.25, 0.3) is 21.8 Å². The molecular formula is C11H11N3. The quantitative estimate of drug-likeness (QED) is 0.554. The molecule has 2 heterocycles. The molecule has 3 rings (SSSR count). The van der Waals surface area contributed by atoms with Crippen LogP contribution in [0.5, 0.6) is 0 Å². The van der Waals surface area contributed by atoms with Gasteiger partial charge in [-0.1, -0.05) is 0 Å². The van der Waals surface area contributed by atoms with Crippen LogP contribution < -0.4 is 5.73 Å². The molecule has 0 radical (unpaired) electrons. The van der Waals surface area contributed by atoms with E-state index in [4.69, 9.17) is 5.73 Å². The summed E-state index contributed by atoms with van der Waals surface area (Å²) in [5.41, 5.74) is 9.06. The highest BCUT2D eigenvalue weighted by Gasteiger charge is 2.05. The normalized spacial score (nSPS) is 11.5. The van der Waals surface area contributed by atoms with Gasteiger partial charge in [-0.3, -0.25) is 0 Å².